The third-order valence-electron chi connectivity index (χ3n) is 3.28. The summed E-state index contributed by atoms with van der Waals surface area (Å²) in [6.45, 7) is 3.07. The number of rotatable bonds is 6. The average Bonchev–Trinajstić information content (AvgIpc) is 2.81. The Balaban J connectivity index is 0.00000200. The van der Waals surface area contributed by atoms with Crippen LogP contribution in [0.25, 0.3) is 0 Å². The lowest BCUT2D eigenvalue weighted by Crippen LogP contribution is -2.47. The Morgan fingerprint density at radius 3 is 3.00 bits per heavy atom. The van der Waals surface area contributed by atoms with Crippen molar-refractivity contribution in [2.45, 2.75) is 12.5 Å². The van der Waals surface area contributed by atoms with Crippen LogP contribution in [0.3, 0.4) is 0 Å². The molecule has 0 amide bonds. The zero-order chi connectivity index (χ0) is 13.7. The van der Waals surface area contributed by atoms with Crippen LogP contribution in [-0.4, -0.2) is 60.3 Å². The maximum Gasteiger partial charge on any atom is 0.261 e. The van der Waals surface area contributed by atoms with Gasteiger partial charge in [0.15, 0.2) is 0 Å². The van der Waals surface area contributed by atoms with Crippen molar-refractivity contribution >= 4 is 12.4 Å². The summed E-state index contributed by atoms with van der Waals surface area (Å²) in [6, 6.07) is 0.170. The Morgan fingerprint density at radius 2 is 2.35 bits per heavy atom. The van der Waals surface area contributed by atoms with E-state index in [0.29, 0.717) is 13.2 Å². The van der Waals surface area contributed by atoms with Gasteiger partial charge in [0.2, 0.25) is 0 Å². The third-order valence-corrected chi connectivity index (χ3v) is 3.28. The molecular weight excluding hydrogens is 290 g/mol. The fraction of sp³-hybridized carbons (Fsp3) is 0.750. The van der Waals surface area contributed by atoms with E-state index in [2.05, 4.69) is 15.2 Å². The normalized spacial score (nSPS) is 20.1. The number of halogens is 3. The van der Waals surface area contributed by atoms with Crippen molar-refractivity contribution in [1.82, 2.24) is 19.8 Å². The van der Waals surface area contributed by atoms with E-state index in [9.17, 15) is 8.78 Å². The smallest absolute Gasteiger partial charge is 0.261 e. The molecule has 0 spiro atoms. The van der Waals surface area contributed by atoms with Crippen molar-refractivity contribution in [2.75, 3.05) is 39.4 Å². The van der Waals surface area contributed by atoms with Crippen LogP contribution >= 0.6 is 12.4 Å². The van der Waals surface area contributed by atoms with E-state index in [4.69, 9.17) is 4.74 Å². The van der Waals surface area contributed by atoms with Gasteiger partial charge in [-0.1, -0.05) is 0 Å². The lowest BCUT2D eigenvalue weighted by molar-refractivity contribution is 0.00304. The van der Waals surface area contributed by atoms with Gasteiger partial charge in [-0.05, 0) is 0 Å². The first-order valence-electron chi connectivity index (χ1n) is 6.46. The second-order valence-corrected chi connectivity index (χ2v) is 4.62. The fourth-order valence-corrected chi connectivity index (χ4v) is 2.32. The number of aryl methyl sites for hydroxylation is 1. The van der Waals surface area contributed by atoms with Gasteiger partial charge in [0.05, 0.1) is 12.6 Å². The van der Waals surface area contributed by atoms with E-state index in [1.807, 2.05) is 17.8 Å². The molecule has 1 N–H and O–H groups in total. The molecule has 1 aliphatic heterocycles. The molecule has 116 valence electrons. The third kappa shape index (κ3) is 4.66. The highest BCUT2D eigenvalue weighted by atomic mass is 35.5. The van der Waals surface area contributed by atoms with Gasteiger partial charge in [-0.15, -0.1) is 12.4 Å². The summed E-state index contributed by atoms with van der Waals surface area (Å²) >= 11 is 0. The van der Waals surface area contributed by atoms with Crippen LogP contribution in [0.1, 0.15) is 11.9 Å². The molecule has 0 bridgehead atoms. The van der Waals surface area contributed by atoms with Crippen molar-refractivity contribution < 1.29 is 13.5 Å². The Hall–Kier alpha value is -0.760. The van der Waals surface area contributed by atoms with Crippen LogP contribution in [0.2, 0.25) is 0 Å². The molecule has 2 heterocycles. The molecule has 20 heavy (non-hydrogen) atoms. The first-order chi connectivity index (χ1) is 9.18. The molecule has 2 rings (SSSR count). The molecule has 8 heteroatoms. The average molecular weight is 311 g/mol. The molecule has 1 aromatic rings. The predicted molar refractivity (Wildman–Crippen MR) is 74.5 cm³/mol. The van der Waals surface area contributed by atoms with Crippen LogP contribution in [0.5, 0.6) is 0 Å². The maximum absolute atomic E-state index is 12.0. The van der Waals surface area contributed by atoms with Crippen LogP contribution in [-0.2, 0) is 11.8 Å². The Kier molecular flexibility index (Phi) is 7.36. The molecule has 0 aliphatic carbocycles. The van der Waals surface area contributed by atoms with E-state index in [0.717, 1.165) is 25.5 Å². The van der Waals surface area contributed by atoms with Gasteiger partial charge in [-0.3, -0.25) is 4.90 Å². The zero-order valence-electron chi connectivity index (χ0n) is 11.5. The molecule has 5 nitrogen and oxygen atoms in total. The van der Waals surface area contributed by atoms with Gasteiger partial charge < -0.3 is 14.6 Å². The number of hydrogen-bond donors (Lipinski definition) is 1. The number of imidazole rings is 1. The number of ether oxygens (including phenoxy) is 1. The number of piperazine rings is 1. The Bertz CT molecular complexity index is 391. The van der Waals surface area contributed by atoms with Gasteiger partial charge in [0.1, 0.15) is 12.4 Å². The monoisotopic (exact) mass is 310 g/mol. The van der Waals surface area contributed by atoms with Crippen molar-refractivity contribution in [3.05, 3.63) is 18.2 Å². The first-order valence-corrected chi connectivity index (χ1v) is 6.46. The topological polar surface area (TPSA) is 42.3 Å². The molecule has 0 radical (unpaired) electrons. The minimum absolute atomic E-state index is 0. The lowest BCUT2D eigenvalue weighted by Gasteiger charge is -2.35. The summed E-state index contributed by atoms with van der Waals surface area (Å²) in [6.07, 6.45) is 1.29. The Morgan fingerprint density at radius 1 is 1.55 bits per heavy atom. The Labute approximate surface area is 123 Å². The predicted octanol–water partition coefficient (Wildman–Crippen LogP) is 1.07. The summed E-state index contributed by atoms with van der Waals surface area (Å²) < 4.78 is 30.9. The van der Waals surface area contributed by atoms with Gasteiger partial charge in [-0.25, -0.2) is 13.8 Å². The highest BCUT2D eigenvalue weighted by Crippen LogP contribution is 2.19. The fourth-order valence-electron chi connectivity index (χ4n) is 2.32. The van der Waals surface area contributed by atoms with Crippen LogP contribution in [0, 0.1) is 0 Å². The molecule has 1 aliphatic rings. The minimum atomic E-state index is -2.40. The number of alkyl halides is 2. The van der Waals surface area contributed by atoms with E-state index in [1.165, 1.54) is 0 Å². The molecular formula is C12H21ClF2N4O. The summed E-state index contributed by atoms with van der Waals surface area (Å²) in [5.41, 5.74) is 0. The summed E-state index contributed by atoms with van der Waals surface area (Å²) in [7, 11) is 1.96. The number of hydrogen-bond acceptors (Lipinski definition) is 4. The molecule has 1 atom stereocenters. The van der Waals surface area contributed by atoms with Crippen molar-refractivity contribution in [3.63, 3.8) is 0 Å². The van der Waals surface area contributed by atoms with Crippen molar-refractivity contribution in [3.8, 4) is 0 Å². The minimum Gasteiger partial charge on any atom is -0.374 e. The summed E-state index contributed by atoms with van der Waals surface area (Å²) in [4.78, 5) is 6.59. The molecule has 1 fully saturated rings. The van der Waals surface area contributed by atoms with Gasteiger partial charge >= 0.3 is 0 Å². The molecule has 0 aromatic carbocycles. The second kappa shape index (κ2) is 8.51. The van der Waals surface area contributed by atoms with E-state index in [-0.39, 0.29) is 18.4 Å². The summed E-state index contributed by atoms with van der Waals surface area (Å²) in [5.74, 6) is 0.987. The van der Waals surface area contributed by atoms with E-state index < -0.39 is 13.0 Å². The van der Waals surface area contributed by atoms with Crippen LogP contribution < -0.4 is 5.32 Å². The number of nitrogens with zero attached hydrogens (tertiary/aromatic N) is 3. The number of aromatic nitrogens is 2. The standard InChI is InChI=1S/C12H20F2N4O.ClH/c1-17-4-3-16-12(17)10-8-15-2-5-18(10)6-7-19-9-11(13)14;/h3-4,10-11,15H,2,5-9H2,1H3;1H. The van der Waals surface area contributed by atoms with Crippen LogP contribution in [0.15, 0.2) is 12.4 Å². The zero-order valence-corrected chi connectivity index (χ0v) is 12.3. The van der Waals surface area contributed by atoms with Crippen molar-refractivity contribution in [2.24, 2.45) is 7.05 Å². The van der Waals surface area contributed by atoms with Crippen molar-refractivity contribution in [1.29, 1.82) is 0 Å². The largest absolute Gasteiger partial charge is 0.374 e. The van der Waals surface area contributed by atoms with E-state index >= 15 is 0 Å². The first kappa shape index (κ1) is 17.3. The van der Waals surface area contributed by atoms with Crippen LogP contribution in [0.4, 0.5) is 8.78 Å². The molecule has 1 unspecified atom stereocenters. The van der Waals surface area contributed by atoms with Gasteiger partial charge in [0.25, 0.3) is 6.43 Å². The maximum atomic E-state index is 12.0. The van der Waals surface area contributed by atoms with Gasteiger partial charge in [-0.2, -0.15) is 0 Å². The lowest BCUT2D eigenvalue weighted by atomic mass is 10.2. The molecule has 1 saturated heterocycles. The summed E-state index contributed by atoms with van der Waals surface area (Å²) in [5, 5.41) is 3.33. The highest BCUT2D eigenvalue weighted by Gasteiger charge is 2.26. The van der Waals surface area contributed by atoms with E-state index in [1.54, 1.807) is 6.20 Å². The van der Waals surface area contributed by atoms with Gasteiger partial charge in [0, 0.05) is 45.6 Å². The highest BCUT2D eigenvalue weighted by molar-refractivity contribution is 5.85. The SMILES string of the molecule is Cl.Cn1ccnc1C1CNCCN1CCOCC(F)F. The molecule has 1 aromatic heterocycles. The quantitative estimate of drug-likeness (QED) is 0.798. The second-order valence-electron chi connectivity index (χ2n) is 4.62. The number of nitrogens with one attached hydrogen (secondary N) is 1. The molecule has 0 saturated carbocycles.